The van der Waals surface area contributed by atoms with Crippen LogP contribution in [0.25, 0.3) is 11.0 Å². The number of ether oxygens (including phenoxy) is 3. The summed E-state index contributed by atoms with van der Waals surface area (Å²) in [5, 5.41) is 20.3. The summed E-state index contributed by atoms with van der Waals surface area (Å²) in [6.07, 6.45) is -4.00. The molecule has 0 aliphatic carbocycles. The topological polar surface area (TPSA) is 98.4 Å². The second-order valence-corrected chi connectivity index (χ2v) is 4.29. The Morgan fingerprint density at radius 2 is 1.76 bits per heavy atom. The number of aliphatic hydroxyl groups excluding tert-OH is 2. The van der Waals surface area contributed by atoms with Crippen LogP contribution in [-0.2, 0) is 9.47 Å². The number of hydrogen-bond acceptors (Lipinski definition) is 7. The highest BCUT2D eigenvalue weighted by atomic mass is 16.7. The number of benzene rings is 1. The quantitative estimate of drug-likeness (QED) is 0.590. The molecule has 0 saturated carbocycles. The maximum atomic E-state index is 11.2. The first-order valence-corrected chi connectivity index (χ1v) is 6.17. The van der Waals surface area contributed by atoms with Crippen molar-refractivity contribution in [3.05, 3.63) is 40.8 Å². The van der Waals surface area contributed by atoms with Crippen LogP contribution in [-0.4, -0.2) is 43.1 Å². The maximum Gasteiger partial charge on any atom is 0.336 e. The Kier molecular flexibility index (Phi) is 4.92. The van der Waals surface area contributed by atoms with Gasteiger partial charge in [-0.05, 0) is 18.2 Å². The molecule has 0 aliphatic rings. The predicted octanol–water partition coefficient (Wildman–Crippen LogP) is 0.470. The first-order valence-electron chi connectivity index (χ1n) is 6.17. The first kappa shape index (κ1) is 15.5. The third-order valence-corrected chi connectivity index (χ3v) is 2.89. The van der Waals surface area contributed by atoms with Crippen molar-refractivity contribution in [2.24, 2.45) is 0 Å². The fourth-order valence-electron chi connectivity index (χ4n) is 1.83. The molecule has 114 valence electrons. The van der Waals surface area contributed by atoms with Crippen LogP contribution in [0.1, 0.15) is 0 Å². The summed E-state index contributed by atoms with van der Waals surface area (Å²) in [7, 11) is 2.66. The van der Waals surface area contributed by atoms with Gasteiger partial charge in [0.25, 0.3) is 0 Å². The summed E-state index contributed by atoms with van der Waals surface area (Å²) >= 11 is 0. The summed E-state index contributed by atoms with van der Waals surface area (Å²) < 4.78 is 19.9. The van der Waals surface area contributed by atoms with E-state index in [9.17, 15) is 15.0 Å². The molecule has 0 unspecified atom stereocenters. The van der Waals surface area contributed by atoms with Crippen LogP contribution >= 0.6 is 0 Å². The molecule has 0 radical (unpaired) electrons. The molecule has 1 aromatic heterocycles. The van der Waals surface area contributed by atoms with Gasteiger partial charge < -0.3 is 28.8 Å². The van der Waals surface area contributed by atoms with E-state index in [1.807, 2.05) is 0 Å². The van der Waals surface area contributed by atoms with Crippen molar-refractivity contribution in [3.8, 4) is 5.75 Å². The van der Waals surface area contributed by atoms with Gasteiger partial charge in [0.15, 0.2) is 12.4 Å². The number of hydrogen-bond donors (Lipinski definition) is 2. The van der Waals surface area contributed by atoms with Crippen molar-refractivity contribution in [2.45, 2.75) is 18.7 Å². The van der Waals surface area contributed by atoms with E-state index in [-0.39, 0.29) is 5.75 Å². The lowest BCUT2D eigenvalue weighted by molar-refractivity contribution is -0.223. The fraction of sp³-hybridized carbons (Fsp3) is 0.357. The largest absolute Gasteiger partial charge is 0.462 e. The Balaban J connectivity index is 2.17. The molecule has 0 amide bonds. The van der Waals surface area contributed by atoms with Gasteiger partial charge in [0.05, 0.1) is 0 Å². The van der Waals surface area contributed by atoms with Crippen LogP contribution in [0.4, 0.5) is 0 Å². The van der Waals surface area contributed by atoms with E-state index in [1.165, 1.54) is 26.4 Å². The Morgan fingerprint density at radius 3 is 2.43 bits per heavy atom. The molecule has 0 saturated heterocycles. The van der Waals surface area contributed by atoms with Gasteiger partial charge in [0, 0.05) is 31.7 Å². The fourth-order valence-corrected chi connectivity index (χ4v) is 1.83. The second-order valence-electron chi connectivity index (χ2n) is 4.29. The zero-order valence-corrected chi connectivity index (χ0v) is 11.6. The summed E-state index contributed by atoms with van der Waals surface area (Å²) in [5.74, 6) is 0.231. The van der Waals surface area contributed by atoms with Crippen LogP contribution in [0.5, 0.6) is 5.75 Å². The molecule has 7 heteroatoms. The summed E-state index contributed by atoms with van der Waals surface area (Å²) in [4.78, 5) is 11.2. The van der Waals surface area contributed by atoms with Gasteiger partial charge in [-0.1, -0.05) is 0 Å². The van der Waals surface area contributed by atoms with Gasteiger partial charge in [-0.15, -0.1) is 0 Å². The smallest absolute Gasteiger partial charge is 0.336 e. The Labute approximate surface area is 120 Å². The van der Waals surface area contributed by atoms with E-state index >= 15 is 0 Å². The van der Waals surface area contributed by atoms with Crippen molar-refractivity contribution in [1.82, 2.24) is 0 Å². The minimum absolute atomic E-state index is 0.231. The van der Waals surface area contributed by atoms with E-state index in [2.05, 4.69) is 0 Å². The highest BCUT2D eigenvalue weighted by Gasteiger charge is 2.28. The molecular formula is C14H16O7. The minimum Gasteiger partial charge on any atom is -0.462 e. The molecule has 0 bridgehead atoms. The molecule has 0 fully saturated rings. The Bertz CT molecular complexity index is 647. The minimum atomic E-state index is -1.57. The number of fused-ring (bicyclic) bond motifs is 1. The standard InChI is InChI=1S/C14H16O7/c1-18-14(19-2)12(16)13(17)20-9-5-3-8-4-6-11(15)21-10(8)7-9/h3-7,12-14,16-17H,1-2H3/t12-,13-/m1/s1. The van der Waals surface area contributed by atoms with Crippen LogP contribution < -0.4 is 10.4 Å². The lowest BCUT2D eigenvalue weighted by Gasteiger charge is -2.24. The van der Waals surface area contributed by atoms with E-state index in [4.69, 9.17) is 18.6 Å². The molecule has 1 heterocycles. The van der Waals surface area contributed by atoms with E-state index in [1.54, 1.807) is 18.2 Å². The van der Waals surface area contributed by atoms with Crippen molar-refractivity contribution in [1.29, 1.82) is 0 Å². The van der Waals surface area contributed by atoms with Crippen LogP contribution in [0.15, 0.2) is 39.5 Å². The molecule has 0 spiro atoms. The number of rotatable bonds is 6. The van der Waals surface area contributed by atoms with Crippen molar-refractivity contribution in [3.63, 3.8) is 0 Å². The van der Waals surface area contributed by atoms with Crippen LogP contribution in [0.2, 0.25) is 0 Å². The van der Waals surface area contributed by atoms with Gasteiger partial charge in [-0.3, -0.25) is 0 Å². The van der Waals surface area contributed by atoms with Gasteiger partial charge in [0.2, 0.25) is 6.29 Å². The van der Waals surface area contributed by atoms with E-state index < -0.39 is 24.3 Å². The van der Waals surface area contributed by atoms with Crippen molar-refractivity contribution in [2.75, 3.05) is 14.2 Å². The molecule has 21 heavy (non-hydrogen) atoms. The summed E-state index contributed by atoms with van der Waals surface area (Å²) in [6, 6.07) is 7.61. The predicted molar refractivity (Wildman–Crippen MR) is 72.9 cm³/mol. The number of aliphatic hydroxyl groups is 2. The van der Waals surface area contributed by atoms with E-state index in [0.717, 1.165) is 0 Å². The lowest BCUT2D eigenvalue weighted by atomic mass is 10.2. The van der Waals surface area contributed by atoms with Crippen LogP contribution in [0, 0.1) is 0 Å². The first-order chi connectivity index (χ1) is 10.0. The molecule has 2 rings (SSSR count). The Hall–Kier alpha value is -1.93. The molecule has 2 N–H and O–H groups in total. The third kappa shape index (κ3) is 3.59. The van der Waals surface area contributed by atoms with E-state index in [0.29, 0.717) is 11.0 Å². The zero-order chi connectivity index (χ0) is 15.4. The van der Waals surface area contributed by atoms with Gasteiger partial charge in [-0.2, -0.15) is 0 Å². The highest BCUT2D eigenvalue weighted by molar-refractivity contribution is 5.77. The average Bonchev–Trinajstić information content (AvgIpc) is 2.47. The van der Waals surface area contributed by atoms with Crippen molar-refractivity contribution >= 4 is 11.0 Å². The SMILES string of the molecule is COC(OC)[C@H](O)[C@H](O)Oc1ccc2ccc(=O)oc2c1. The molecule has 2 atom stereocenters. The Morgan fingerprint density at radius 1 is 1.10 bits per heavy atom. The normalized spacial score (nSPS) is 14.3. The van der Waals surface area contributed by atoms with Gasteiger partial charge in [-0.25, -0.2) is 4.79 Å². The summed E-state index contributed by atoms with van der Waals surface area (Å²) in [5.41, 5.74) is -0.171. The summed E-state index contributed by atoms with van der Waals surface area (Å²) in [6.45, 7) is 0. The molecule has 2 aromatic rings. The molecule has 0 aliphatic heterocycles. The van der Waals surface area contributed by atoms with Gasteiger partial charge >= 0.3 is 5.63 Å². The van der Waals surface area contributed by atoms with Crippen LogP contribution in [0.3, 0.4) is 0 Å². The highest BCUT2D eigenvalue weighted by Crippen LogP contribution is 2.21. The average molecular weight is 296 g/mol. The molecule has 7 nitrogen and oxygen atoms in total. The third-order valence-electron chi connectivity index (χ3n) is 2.89. The second kappa shape index (κ2) is 6.68. The lowest BCUT2D eigenvalue weighted by Crippen LogP contribution is -2.42. The molecule has 1 aromatic carbocycles. The zero-order valence-electron chi connectivity index (χ0n) is 11.6. The van der Waals surface area contributed by atoms with Crippen molar-refractivity contribution < 1.29 is 28.8 Å². The monoisotopic (exact) mass is 296 g/mol. The maximum absolute atomic E-state index is 11.2. The molecular weight excluding hydrogens is 280 g/mol. The van der Waals surface area contributed by atoms with Gasteiger partial charge in [0.1, 0.15) is 11.3 Å². The number of methoxy groups -OCH3 is 2.